The van der Waals surface area contributed by atoms with E-state index < -0.39 is 23.6 Å². The molecule has 0 amide bonds. The molecular formula is C18H16F2O4S. The number of thioether (sulfide) groups is 1. The predicted molar refractivity (Wildman–Crippen MR) is 90.4 cm³/mol. The van der Waals surface area contributed by atoms with Crippen LogP contribution < -0.4 is 9.47 Å². The number of carbonyl (C=O) groups is 2. The molecule has 0 saturated carbocycles. The fourth-order valence-electron chi connectivity index (χ4n) is 2.12. The number of benzene rings is 2. The summed E-state index contributed by atoms with van der Waals surface area (Å²) < 4.78 is 37.5. The van der Waals surface area contributed by atoms with Crippen molar-refractivity contribution >= 4 is 23.7 Å². The third-order valence-electron chi connectivity index (χ3n) is 3.10. The third-order valence-corrected chi connectivity index (χ3v) is 4.13. The summed E-state index contributed by atoms with van der Waals surface area (Å²) in [5, 5.41) is 0. The van der Waals surface area contributed by atoms with Gasteiger partial charge in [-0.2, -0.15) is 11.8 Å². The molecule has 4 nitrogen and oxygen atoms in total. The second kappa shape index (κ2) is 8.62. The Morgan fingerprint density at radius 2 is 1.24 bits per heavy atom. The van der Waals surface area contributed by atoms with E-state index >= 15 is 0 Å². The standard InChI is InChI=1S/C18H16F2O4S/c1-11(21)23-17-13(5-3-7-15(17)19)9-25-10-14-6-4-8-16(20)18(14)24-12(2)22/h3-8H,9-10H2,1-2H3. The maximum absolute atomic E-state index is 13.8. The Balaban J connectivity index is 2.12. The SMILES string of the molecule is CC(=O)Oc1c(F)cccc1CSCc1cccc(F)c1OC(C)=O. The van der Waals surface area contributed by atoms with Gasteiger partial charge in [-0.15, -0.1) is 0 Å². The van der Waals surface area contributed by atoms with Crippen molar-refractivity contribution in [1.82, 2.24) is 0 Å². The second-order valence-corrected chi connectivity index (χ2v) is 6.12. The molecule has 0 bridgehead atoms. The van der Waals surface area contributed by atoms with Crippen molar-refractivity contribution in [2.75, 3.05) is 0 Å². The van der Waals surface area contributed by atoms with Crippen molar-refractivity contribution in [3.63, 3.8) is 0 Å². The summed E-state index contributed by atoms with van der Waals surface area (Å²) in [7, 11) is 0. The van der Waals surface area contributed by atoms with Gasteiger partial charge < -0.3 is 9.47 Å². The van der Waals surface area contributed by atoms with Gasteiger partial charge in [-0.3, -0.25) is 9.59 Å². The summed E-state index contributed by atoms with van der Waals surface area (Å²) in [5.41, 5.74) is 1.01. The highest BCUT2D eigenvalue weighted by Crippen LogP contribution is 2.31. The van der Waals surface area contributed by atoms with Crippen LogP contribution in [-0.2, 0) is 21.1 Å². The Hall–Kier alpha value is -2.41. The summed E-state index contributed by atoms with van der Waals surface area (Å²) >= 11 is 1.34. The lowest BCUT2D eigenvalue weighted by atomic mass is 10.2. The molecule has 0 saturated heterocycles. The molecular weight excluding hydrogens is 350 g/mol. The van der Waals surface area contributed by atoms with Crippen molar-refractivity contribution in [2.45, 2.75) is 25.4 Å². The molecule has 0 unspecified atom stereocenters. The van der Waals surface area contributed by atoms with Gasteiger partial charge in [0.1, 0.15) is 0 Å². The Morgan fingerprint density at radius 1 is 0.840 bits per heavy atom. The molecule has 2 aromatic rings. The van der Waals surface area contributed by atoms with E-state index in [2.05, 4.69) is 0 Å². The number of halogens is 2. The number of carbonyl (C=O) groups excluding carboxylic acids is 2. The first-order valence-corrected chi connectivity index (χ1v) is 8.53. The Labute approximate surface area is 148 Å². The minimum atomic E-state index is -0.625. The average molecular weight is 366 g/mol. The monoisotopic (exact) mass is 366 g/mol. The number of para-hydroxylation sites is 2. The maximum Gasteiger partial charge on any atom is 0.308 e. The third kappa shape index (κ3) is 5.29. The van der Waals surface area contributed by atoms with Crippen LogP contribution in [-0.4, -0.2) is 11.9 Å². The second-order valence-electron chi connectivity index (χ2n) is 5.14. The molecule has 132 valence electrons. The van der Waals surface area contributed by atoms with Gasteiger partial charge in [0, 0.05) is 36.5 Å². The van der Waals surface area contributed by atoms with Gasteiger partial charge in [0.25, 0.3) is 0 Å². The topological polar surface area (TPSA) is 52.6 Å². The highest BCUT2D eigenvalue weighted by molar-refractivity contribution is 7.97. The van der Waals surface area contributed by atoms with Gasteiger partial charge >= 0.3 is 11.9 Å². The van der Waals surface area contributed by atoms with Gasteiger partial charge in [0.15, 0.2) is 23.1 Å². The smallest absolute Gasteiger partial charge is 0.308 e. The van der Waals surface area contributed by atoms with Crippen LogP contribution in [0.5, 0.6) is 11.5 Å². The molecule has 0 heterocycles. The summed E-state index contributed by atoms with van der Waals surface area (Å²) in [6, 6.07) is 8.74. The van der Waals surface area contributed by atoms with Gasteiger partial charge in [0.05, 0.1) is 0 Å². The van der Waals surface area contributed by atoms with Crippen LogP contribution in [0.1, 0.15) is 25.0 Å². The van der Waals surface area contributed by atoms with E-state index in [0.717, 1.165) is 0 Å². The van der Waals surface area contributed by atoms with E-state index in [1.807, 2.05) is 0 Å². The highest BCUT2D eigenvalue weighted by atomic mass is 32.2. The van der Waals surface area contributed by atoms with Crippen molar-refractivity contribution in [3.05, 3.63) is 59.2 Å². The van der Waals surface area contributed by atoms with E-state index in [1.54, 1.807) is 12.1 Å². The van der Waals surface area contributed by atoms with Gasteiger partial charge in [0.2, 0.25) is 0 Å². The van der Waals surface area contributed by atoms with Crippen molar-refractivity contribution in [2.24, 2.45) is 0 Å². The fourth-order valence-corrected chi connectivity index (χ4v) is 3.12. The molecule has 0 radical (unpaired) electrons. The van der Waals surface area contributed by atoms with Crippen LogP contribution in [0.4, 0.5) is 8.78 Å². The van der Waals surface area contributed by atoms with Crippen LogP contribution in [0.2, 0.25) is 0 Å². The first-order chi connectivity index (χ1) is 11.9. The van der Waals surface area contributed by atoms with E-state index in [1.165, 1.54) is 49.9 Å². The number of ether oxygens (including phenoxy) is 2. The Kier molecular flexibility index (Phi) is 6.52. The van der Waals surface area contributed by atoms with E-state index in [4.69, 9.17) is 9.47 Å². The summed E-state index contributed by atoms with van der Waals surface area (Å²) in [5.74, 6) is -2.03. The molecule has 25 heavy (non-hydrogen) atoms. The minimum Gasteiger partial charge on any atom is -0.423 e. The van der Waals surface area contributed by atoms with Crippen LogP contribution in [0.15, 0.2) is 36.4 Å². The summed E-state index contributed by atoms with van der Waals surface area (Å²) in [6.45, 7) is 2.39. The largest absolute Gasteiger partial charge is 0.423 e. The molecule has 0 aromatic heterocycles. The van der Waals surface area contributed by atoms with Gasteiger partial charge in [-0.25, -0.2) is 8.78 Å². The molecule has 0 N–H and O–H groups in total. The molecule has 0 atom stereocenters. The number of hydrogen-bond acceptors (Lipinski definition) is 5. The zero-order chi connectivity index (χ0) is 18.4. The molecule has 0 aliphatic rings. The highest BCUT2D eigenvalue weighted by Gasteiger charge is 2.15. The zero-order valence-corrected chi connectivity index (χ0v) is 14.5. The van der Waals surface area contributed by atoms with Crippen LogP contribution >= 0.6 is 11.8 Å². The molecule has 2 rings (SSSR count). The Morgan fingerprint density at radius 3 is 1.60 bits per heavy atom. The van der Waals surface area contributed by atoms with Crippen molar-refractivity contribution < 1.29 is 27.8 Å². The van der Waals surface area contributed by atoms with E-state index in [0.29, 0.717) is 22.6 Å². The molecule has 7 heteroatoms. The number of rotatable bonds is 6. The van der Waals surface area contributed by atoms with Crippen molar-refractivity contribution in [1.29, 1.82) is 0 Å². The van der Waals surface area contributed by atoms with E-state index in [-0.39, 0.29) is 11.5 Å². The number of esters is 2. The molecule has 0 spiro atoms. The fraction of sp³-hybridized carbons (Fsp3) is 0.222. The summed E-state index contributed by atoms with van der Waals surface area (Å²) in [6.07, 6.45) is 0. The minimum absolute atomic E-state index is 0.109. The maximum atomic E-state index is 13.8. The van der Waals surface area contributed by atoms with Crippen molar-refractivity contribution in [3.8, 4) is 11.5 Å². The molecule has 0 aliphatic heterocycles. The average Bonchev–Trinajstić information content (AvgIpc) is 2.53. The van der Waals surface area contributed by atoms with Gasteiger partial charge in [-0.05, 0) is 12.1 Å². The predicted octanol–water partition coefficient (Wildman–Crippen LogP) is 4.25. The van der Waals surface area contributed by atoms with Crippen LogP contribution in [0.25, 0.3) is 0 Å². The zero-order valence-electron chi connectivity index (χ0n) is 13.7. The lowest BCUT2D eigenvalue weighted by Gasteiger charge is -2.11. The summed E-state index contributed by atoms with van der Waals surface area (Å²) in [4.78, 5) is 22.2. The lowest BCUT2D eigenvalue weighted by Crippen LogP contribution is -2.06. The number of hydrogen-bond donors (Lipinski definition) is 0. The first kappa shape index (κ1) is 18.9. The van der Waals surface area contributed by atoms with Crippen LogP contribution in [0.3, 0.4) is 0 Å². The lowest BCUT2D eigenvalue weighted by molar-refractivity contribution is -0.133. The van der Waals surface area contributed by atoms with Gasteiger partial charge in [-0.1, -0.05) is 24.3 Å². The molecule has 2 aromatic carbocycles. The van der Waals surface area contributed by atoms with Crippen LogP contribution in [0, 0.1) is 11.6 Å². The molecule has 0 fully saturated rings. The first-order valence-electron chi connectivity index (χ1n) is 7.38. The Bertz CT molecular complexity index is 727. The normalized spacial score (nSPS) is 10.4. The van der Waals surface area contributed by atoms with E-state index in [9.17, 15) is 18.4 Å². The quantitative estimate of drug-likeness (QED) is 0.565. The molecule has 0 aliphatic carbocycles.